The number of ether oxygens (including phenoxy) is 1. The van der Waals surface area contributed by atoms with Gasteiger partial charge in [0.05, 0.1) is 12.8 Å². The number of hydrogen-bond acceptors (Lipinski definition) is 4. The van der Waals surface area contributed by atoms with Gasteiger partial charge in [-0.1, -0.05) is 4.21 Å². The summed E-state index contributed by atoms with van der Waals surface area (Å²) in [6.07, 6.45) is 2.15. The summed E-state index contributed by atoms with van der Waals surface area (Å²) in [6, 6.07) is 2.06. The van der Waals surface area contributed by atoms with Crippen LogP contribution in [0.15, 0.2) is 6.07 Å². The third-order valence-corrected chi connectivity index (χ3v) is 6.54. The summed E-state index contributed by atoms with van der Waals surface area (Å²) in [5, 5.41) is 7.94. The van der Waals surface area contributed by atoms with Gasteiger partial charge in [0.15, 0.2) is 0 Å². The van der Waals surface area contributed by atoms with E-state index in [1.807, 2.05) is 31.5 Å². The van der Waals surface area contributed by atoms with Gasteiger partial charge in [-0.3, -0.25) is 4.68 Å². The monoisotopic (exact) mass is 327 g/mol. The van der Waals surface area contributed by atoms with Crippen LogP contribution in [0.3, 0.4) is 0 Å². The first kappa shape index (κ1) is 16.0. The van der Waals surface area contributed by atoms with Gasteiger partial charge in [-0.15, -0.1) is 9.82 Å². The summed E-state index contributed by atoms with van der Waals surface area (Å²) < 4.78 is 23.2. The highest BCUT2D eigenvalue weighted by molar-refractivity contribution is 7.84. The quantitative estimate of drug-likeness (QED) is 0.649. The number of nitrogens with zero attached hydrogens (tertiary/aromatic N) is 2. The minimum Gasteiger partial charge on any atom is -0.480 e. The maximum atomic E-state index is 12.7. The highest BCUT2D eigenvalue weighted by Gasteiger charge is 2.50. The minimum atomic E-state index is -1.51. The lowest BCUT2D eigenvalue weighted by molar-refractivity contribution is 0.149. The molecule has 1 aromatic heterocycles. The van der Waals surface area contributed by atoms with Crippen LogP contribution >= 0.6 is 0 Å². The molecule has 0 saturated carbocycles. The molecule has 0 amide bonds. The highest BCUT2D eigenvalue weighted by atomic mass is 32.2. The Balaban J connectivity index is 1.93. The molecule has 0 aromatic carbocycles. The van der Waals surface area contributed by atoms with Crippen molar-refractivity contribution in [1.29, 1.82) is 0 Å². The van der Waals surface area contributed by atoms with Crippen LogP contribution in [0.1, 0.15) is 45.3 Å². The largest absolute Gasteiger partial charge is 0.480 e. The Kier molecular flexibility index (Phi) is 4.07. The van der Waals surface area contributed by atoms with Gasteiger partial charge in [-0.05, 0) is 46.7 Å². The van der Waals surface area contributed by atoms with Gasteiger partial charge in [-0.25, -0.2) is 0 Å². The van der Waals surface area contributed by atoms with Crippen LogP contribution in [0.2, 0.25) is 0 Å². The van der Waals surface area contributed by atoms with Gasteiger partial charge in [-0.2, -0.15) is 0 Å². The van der Waals surface area contributed by atoms with E-state index in [1.165, 1.54) is 0 Å². The smallest absolute Gasteiger partial charge is 0.232 e. The Morgan fingerprint density at radius 3 is 2.73 bits per heavy atom. The lowest BCUT2D eigenvalue weighted by Crippen LogP contribution is -2.46. The number of methoxy groups -OCH3 is 1. The lowest BCUT2D eigenvalue weighted by atomic mass is 9.74. The molecule has 2 aliphatic rings. The number of piperidine rings is 1. The van der Waals surface area contributed by atoms with Gasteiger partial charge in [0.25, 0.3) is 0 Å². The fraction of sp³-hybridized carbons (Fsp3) is 0.800. The second kappa shape index (κ2) is 5.62. The second-order valence-corrected chi connectivity index (χ2v) is 9.60. The molecule has 1 aromatic rings. The summed E-state index contributed by atoms with van der Waals surface area (Å²) >= 11 is 0. The average molecular weight is 327 g/mol. The summed E-state index contributed by atoms with van der Waals surface area (Å²) in [7, 11) is 0.130. The predicted molar refractivity (Wildman–Crippen MR) is 88.4 cm³/mol. The maximum Gasteiger partial charge on any atom is 0.232 e. The molecule has 1 saturated heterocycles. The fourth-order valence-corrected chi connectivity index (χ4v) is 4.48. The Morgan fingerprint density at radius 2 is 2.14 bits per heavy atom. The van der Waals surface area contributed by atoms with Crippen molar-refractivity contribution in [3.05, 3.63) is 11.8 Å². The third-order valence-electron chi connectivity index (χ3n) is 4.83. The van der Waals surface area contributed by atoms with E-state index < -0.39 is 11.0 Å². The van der Waals surface area contributed by atoms with Crippen LogP contribution < -0.4 is 14.8 Å². The number of rotatable bonds is 3. The van der Waals surface area contributed by atoms with Gasteiger partial charge in [0.2, 0.25) is 5.88 Å². The zero-order valence-corrected chi connectivity index (χ0v) is 14.7. The van der Waals surface area contributed by atoms with E-state index in [2.05, 4.69) is 15.1 Å². The molecule has 3 heterocycles. The summed E-state index contributed by atoms with van der Waals surface area (Å²) in [5.41, 5.74) is 1.21. The van der Waals surface area contributed by atoms with Crippen molar-refractivity contribution in [2.24, 2.45) is 5.41 Å². The molecule has 0 aliphatic carbocycles. The number of nitrogens with one attached hydrogen (secondary N) is 2. The molecule has 7 heteroatoms. The van der Waals surface area contributed by atoms with Gasteiger partial charge in [0.1, 0.15) is 21.8 Å². The van der Waals surface area contributed by atoms with Crippen molar-refractivity contribution in [3.63, 3.8) is 0 Å². The van der Waals surface area contributed by atoms with Crippen LogP contribution in [-0.2, 0) is 21.7 Å². The van der Waals surface area contributed by atoms with Crippen molar-refractivity contribution in [2.75, 3.05) is 20.2 Å². The van der Waals surface area contributed by atoms with Gasteiger partial charge < -0.3 is 10.1 Å². The Morgan fingerprint density at radius 1 is 1.45 bits per heavy atom. The molecule has 1 fully saturated rings. The van der Waals surface area contributed by atoms with Crippen LogP contribution in [-0.4, -0.2) is 34.7 Å². The normalized spacial score (nSPS) is 25.2. The fourth-order valence-electron chi connectivity index (χ4n) is 3.45. The zero-order chi connectivity index (χ0) is 16.0. The standard InChI is InChI=1S/C15H26N4O2S/c1-14(2,3)22(20)18-13-11-9-12(21-4)17-19(11)10-15(13)5-7-16-8-6-15/h9,13,16H,5-8,10H2,1-4H3,(H,18,20)/p+1/t13-,22?/m1/s1. The Bertz CT molecular complexity index is 573. The first-order valence-corrected chi connectivity index (χ1v) is 9.18. The number of thiol groups is 1. The van der Waals surface area contributed by atoms with Crippen LogP contribution in [0, 0.1) is 5.41 Å². The van der Waals surface area contributed by atoms with E-state index in [0.29, 0.717) is 5.88 Å². The van der Waals surface area contributed by atoms with E-state index >= 15 is 0 Å². The van der Waals surface area contributed by atoms with E-state index in [0.717, 1.165) is 38.2 Å². The third kappa shape index (κ3) is 2.70. The molecule has 0 radical (unpaired) electrons. The van der Waals surface area contributed by atoms with Crippen molar-refractivity contribution in [3.8, 4) is 5.88 Å². The molecule has 0 bridgehead atoms. The predicted octanol–water partition coefficient (Wildman–Crippen LogP) is 1.32. The number of hydrogen-bond donors (Lipinski definition) is 2. The zero-order valence-electron chi connectivity index (χ0n) is 13.8. The first-order valence-electron chi connectivity index (χ1n) is 7.92. The molecular weight excluding hydrogens is 300 g/mol. The maximum absolute atomic E-state index is 12.7. The molecule has 124 valence electrons. The molecular formula is C15H27N4O2S+. The molecule has 2 atom stereocenters. The lowest BCUT2D eigenvalue weighted by Gasteiger charge is -2.37. The Labute approximate surface area is 134 Å². The molecule has 6 nitrogen and oxygen atoms in total. The van der Waals surface area contributed by atoms with E-state index in [9.17, 15) is 4.21 Å². The molecule has 2 aliphatic heterocycles. The first-order chi connectivity index (χ1) is 10.4. The molecule has 1 unspecified atom stereocenters. The van der Waals surface area contributed by atoms with E-state index in [1.54, 1.807) is 7.11 Å². The SMILES string of the molecule is COc1cc2n(n1)CC1(CCNCC1)[C@@H]2N[SH+](=O)C(C)(C)C. The van der Waals surface area contributed by atoms with E-state index in [-0.39, 0.29) is 16.2 Å². The molecule has 1 spiro atoms. The molecule has 3 rings (SSSR count). The second-order valence-electron chi connectivity index (χ2n) is 7.41. The van der Waals surface area contributed by atoms with Gasteiger partial charge >= 0.3 is 0 Å². The number of aromatic nitrogens is 2. The van der Waals surface area contributed by atoms with Crippen molar-refractivity contribution < 1.29 is 8.95 Å². The average Bonchev–Trinajstić information content (AvgIpc) is 2.96. The van der Waals surface area contributed by atoms with Crippen molar-refractivity contribution in [2.45, 2.75) is 50.9 Å². The topological polar surface area (TPSA) is 68.2 Å². The molecule has 2 N–H and O–H groups in total. The van der Waals surface area contributed by atoms with E-state index in [4.69, 9.17) is 4.74 Å². The Hall–Kier alpha value is -0.920. The summed E-state index contributed by atoms with van der Waals surface area (Å²) in [6.45, 7) is 8.93. The van der Waals surface area contributed by atoms with Crippen LogP contribution in [0.5, 0.6) is 5.88 Å². The van der Waals surface area contributed by atoms with Gasteiger partial charge in [0, 0.05) is 18.0 Å². The summed E-state index contributed by atoms with van der Waals surface area (Å²) in [5.74, 6) is 0.636. The highest BCUT2D eigenvalue weighted by Crippen LogP contribution is 2.49. The molecule has 22 heavy (non-hydrogen) atoms. The van der Waals surface area contributed by atoms with Crippen molar-refractivity contribution >= 4 is 11.0 Å². The van der Waals surface area contributed by atoms with Crippen LogP contribution in [0.4, 0.5) is 0 Å². The van der Waals surface area contributed by atoms with Crippen molar-refractivity contribution in [1.82, 2.24) is 19.8 Å². The number of fused-ring (bicyclic) bond motifs is 1. The van der Waals surface area contributed by atoms with Crippen LogP contribution in [0.25, 0.3) is 0 Å². The summed E-state index contributed by atoms with van der Waals surface area (Å²) in [4.78, 5) is 0. The minimum absolute atomic E-state index is 0.0776.